The molecule has 1 aromatic rings. The van der Waals surface area contributed by atoms with E-state index in [1.54, 1.807) is 4.90 Å². The molecule has 16 heavy (non-hydrogen) atoms. The largest absolute Gasteiger partial charge is 0.389 e. The molecular formula is C9H13N5O2. The van der Waals surface area contributed by atoms with Crippen LogP contribution in [0.5, 0.6) is 0 Å². The Morgan fingerprint density at radius 2 is 1.88 bits per heavy atom. The summed E-state index contributed by atoms with van der Waals surface area (Å²) in [5.41, 5.74) is 5.65. The van der Waals surface area contributed by atoms with Gasteiger partial charge in [0.05, 0.1) is 12.2 Å². The molecule has 0 bridgehead atoms. The molecule has 1 aromatic heterocycles. The zero-order valence-corrected chi connectivity index (χ0v) is 8.54. The first-order valence-corrected chi connectivity index (χ1v) is 4.86. The number of nitrogen functional groups attached to an aromatic ring is 1. The van der Waals surface area contributed by atoms with Gasteiger partial charge in [-0.3, -0.25) is 5.41 Å². The minimum absolute atomic E-state index is 0.182. The van der Waals surface area contributed by atoms with Gasteiger partial charge in [0.1, 0.15) is 11.5 Å². The summed E-state index contributed by atoms with van der Waals surface area (Å²) in [5, 5.41) is 26.2. The number of aliphatic hydroxyl groups excluding tert-OH is 2. The fraction of sp³-hybridized carbons (Fsp3) is 0.444. The van der Waals surface area contributed by atoms with E-state index in [9.17, 15) is 10.2 Å². The summed E-state index contributed by atoms with van der Waals surface area (Å²) in [5.74, 6) is 0.240. The summed E-state index contributed by atoms with van der Waals surface area (Å²) in [6.45, 7) is 0.528. The summed E-state index contributed by atoms with van der Waals surface area (Å²) in [6.07, 6.45) is 1.32. The van der Waals surface area contributed by atoms with Crippen LogP contribution in [0.3, 0.4) is 0 Å². The SMILES string of the molecule is N=C(N)c1nccnc1N1CC(O)C(O)C1. The number of aromatic nitrogens is 2. The lowest BCUT2D eigenvalue weighted by molar-refractivity contribution is 0.0572. The van der Waals surface area contributed by atoms with E-state index in [0.29, 0.717) is 5.82 Å². The molecule has 7 nitrogen and oxygen atoms in total. The fourth-order valence-corrected chi connectivity index (χ4v) is 1.69. The van der Waals surface area contributed by atoms with Gasteiger partial charge < -0.3 is 20.8 Å². The van der Waals surface area contributed by atoms with Gasteiger partial charge in [-0.1, -0.05) is 0 Å². The van der Waals surface area contributed by atoms with Crippen LogP contribution in [0.25, 0.3) is 0 Å². The molecule has 0 radical (unpaired) electrons. The van der Waals surface area contributed by atoms with Gasteiger partial charge in [-0.2, -0.15) is 0 Å². The average molecular weight is 223 g/mol. The maximum absolute atomic E-state index is 9.43. The van der Waals surface area contributed by atoms with Gasteiger partial charge in [-0.15, -0.1) is 0 Å². The molecule has 5 N–H and O–H groups in total. The lowest BCUT2D eigenvalue weighted by Crippen LogP contribution is -2.27. The molecule has 1 aliphatic heterocycles. The van der Waals surface area contributed by atoms with Gasteiger partial charge in [0.25, 0.3) is 0 Å². The van der Waals surface area contributed by atoms with Crippen molar-refractivity contribution < 1.29 is 10.2 Å². The van der Waals surface area contributed by atoms with E-state index in [4.69, 9.17) is 11.1 Å². The van der Waals surface area contributed by atoms with E-state index >= 15 is 0 Å². The van der Waals surface area contributed by atoms with E-state index in [2.05, 4.69) is 9.97 Å². The molecule has 2 atom stereocenters. The van der Waals surface area contributed by atoms with E-state index in [1.165, 1.54) is 12.4 Å². The Morgan fingerprint density at radius 1 is 1.31 bits per heavy atom. The maximum atomic E-state index is 9.43. The van der Waals surface area contributed by atoms with Crippen LogP contribution in [0.1, 0.15) is 5.69 Å². The van der Waals surface area contributed by atoms with E-state index < -0.39 is 12.2 Å². The Morgan fingerprint density at radius 3 is 2.44 bits per heavy atom. The van der Waals surface area contributed by atoms with Gasteiger partial charge in [-0.25, -0.2) is 9.97 Å². The molecule has 0 amide bonds. The van der Waals surface area contributed by atoms with Crippen molar-refractivity contribution in [3.8, 4) is 0 Å². The molecule has 0 aliphatic carbocycles. The molecule has 1 saturated heterocycles. The molecule has 0 spiro atoms. The molecule has 2 heterocycles. The number of amidine groups is 1. The average Bonchev–Trinajstić information content (AvgIpc) is 2.59. The number of anilines is 1. The highest BCUT2D eigenvalue weighted by molar-refractivity contribution is 5.97. The summed E-state index contributed by atoms with van der Waals surface area (Å²) in [6, 6.07) is 0. The van der Waals surface area contributed by atoms with Crippen molar-refractivity contribution in [2.24, 2.45) is 5.73 Å². The predicted octanol–water partition coefficient (Wildman–Crippen LogP) is -1.70. The summed E-state index contributed by atoms with van der Waals surface area (Å²) < 4.78 is 0. The first-order chi connectivity index (χ1) is 7.59. The molecular weight excluding hydrogens is 210 g/mol. The van der Waals surface area contributed by atoms with Gasteiger partial charge in [0.2, 0.25) is 0 Å². The third-order valence-electron chi connectivity index (χ3n) is 2.49. The number of hydrogen-bond acceptors (Lipinski definition) is 6. The molecule has 2 rings (SSSR count). The number of nitrogens with one attached hydrogen (secondary N) is 1. The van der Waals surface area contributed by atoms with Crippen LogP contribution in [-0.4, -0.2) is 51.3 Å². The lowest BCUT2D eigenvalue weighted by Gasteiger charge is -2.18. The Labute approximate surface area is 92.1 Å². The van der Waals surface area contributed by atoms with E-state index in [0.717, 1.165) is 0 Å². The van der Waals surface area contributed by atoms with Crippen molar-refractivity contribution in [2.45, 2.75) is 12.2 Å². The van der Waals surface area contributed by atoms with Crippen LogP contribution < -0.4 is 10.6 Å². The van der Waals surface area contributed by atoms with Crippen molar-refractivity contribution >= 4 is 11.7 Å². The topological polar surface area (TPSA) is 119 Å². The van der Waals surface area contributed by atoms with Crippen molar-refractivity contribution in [1.82, 2.24) is 9.97 Å². The van der Waals surface area contributed by atoms with Gasteiger partial charge in [-0.05, 0) is 0 Å². The Hall–Kier alpha value is -1.73. The second-order valence-electron chi connectivity index (χ2n) is 3.68. The molecule has 86 valence electrons. The molecule has 1 aliphatic rings. The van der Waals surface area contributed by atoms with Gasteiger partial charge in [0, 0.05) is 25.5 Å². The summed E-state index contributed by atoms with van der Waals surface area (Å²) in [4.78, 5) is 9.69. The van der Waals surface area contributed by atoms with Crippen molar-refractivity contribution in [2.75, 3.05) is 18.0 Å². The third-order valence-corrected chi connectivity index (χ3v) is 2.49. The van der Waals surface area contributed by atoms with Crippen LogP contribution in [0.4, 0.5) is 5.82 Å². The fourth-order valence-electron chi connectivity index (χ4n) is 1.69. The number of β-amino-alcohol motifs (C(OH)–C–C–N with tert-alkyl or cyclic N) is 2. The predicted molar refractivity (Wildman–Crippen MR) is 57.3 cm³/mol. The van der Waals surface area contributed by atoms with Crippen LogP contribution in [0.15, 0.2) is 12.4 Å². The molecule has 1 fully saturated rings. The number of hydrogen-bond donors (Lipinski definition) is 4. The standard InChI is InChI=1S/C9H13N5O2/c10-8(11)7-9(13-2-1-12-7)14-3-5(15)6(16)4-14/h1-2,5-6,15-16H,3-4H2,(H3,10,11). The second kappa shape index (κ2) is 4.03. The van der Waals surface area contributed by atoms with Crippen molar-refractivity contribution in [3.05, 3.63) is 18.1 Å². The number of nitrogens with zero attached hydrogens (tertiary/aromatic N) is 3. The van der Waals surface area contributed by atoms with Crippen LogP contribution in [-0.2, 0) is 0 Å². The van der Waals surface area contributed by atoms with Crippen LogP contribution >= 0.6 is 0 Å². The maximum Gasteiger partial charge on any atom is 0.158 e. The number of aliphatic hydroxyl groups is 2. The zero-order chi connectivity index (χ0) is 11.7. The lowest BCUT2D eigenvalue weighted by atomic mass is 10.3. The molecule has 2 unspecified atom stereocenters. The monoisotopic (exact) mass is 223 g/mol. The third kappa shape index (κ3) is 1.82. The van der Waals surface area contributed by atoms with Gasteiger partial charge in [0.15, 0.2) is 5.82 Å². The van der Waals surface area contributed by atoms with Crippen molar-refractivity contribution in [1.29, 1.82) is 5.41 Å². The van der Waals surface area contributed by atoms with Crippen molar-refractivity contribution in [3.63, 3.8) is 0 Å². The molecule has 0 aromatic carbocycles. The first kappa shape index (κ1) is 10.8. The second-order valence-corrected chi connectivity index (χ2v) is 3.68. The van der Waals surface area contributed by atoms with Crippen LogP contribution in [0.2, 0.25) is 0 Å². The van der Waals surface area contributed by atoms with Crippen LogP contribution in [0, 0.1) is 5.41 Å². The first-order valence-electron chi connectivity index (χ1n) is 4.86. The Balaban J connectivity index is 2.31. The summed E-state index contributed by atoms with van der Waals surface area (Å²) in [7, 11) is 0. The molecule has 0 saturated carbocycles. The van der Waals surface area contributed by atoms with E-state index in [-0.39, 0.29) is 24.6 Å². The normalized spacial score (nSPS) is 24.8. The Kier molecular flexibility index (Phi) is 2.71. The highest BCUT2D eigenvalue weighted by Crippen LogP contribution is 2.20. The number of nitrogens with two attached hydrogens (primary N) is 1. The smallest absolute Gasteiger partial charge is 0.158 e. The highest BCUT2D eigenvalue weighted by atomic mass is 16.3. The minimum atomic E-state index is -0.804. The quantitative estimate of drug-likeness (QED) is 0.350. The van der Waals surface area contributed by atoms with Gasteiger partial charge >= 0.3 is 0 Å². The number of rotatable bonds is 2. The molecule has 7 heteroatoms. The zero-order valence-electron chi connectivity index (χ0n) is 8.54. The van der Waals surface area contributed by atoms with E-state index in [1.807, 2.05) is 0 Å². The highest BCUT2D eigenvalue weighted by Gasteiger charge is 2.32. The Bertz CT molecular complexity index is 401. The summed E-state index contributed by atoms with van der Waals surface area (Å²) >= 11 is 0. The minimum Gasteiger partial charge on any atom is -0.389 e.